The van der Waals surface area contributed by atoms with Gasteiger partial charge in [0.1, 0.15) is 0 Å². The number of amides is 1. The van der Waals surface area contributed by atoms with Gasteiger partial charge >= 0.3 is 0 Å². The quantitative estimate of drug-likeness (QED) is 0.372. The van der Waals surface area contributed by atoms with Crippen molar-refractivity contribution in [2.45, 2.75) is 38.5 Å². The molecule has 1 amide bonds. The molecular formula is C23H28N2OS3. The Morgan fingerprint density at radius 2 is 1.93 bits per heavy atom. The van der Waals surface area contributed by atoms with Crippen molar-refractivity contribution in [3.63, 3.8) is 0 Å². The Balaban J connectivity index is 1.63. The summed E-state index contributed by atoms with van der Waals surface area (Å²) in [5, 5.41) is 0. The summed E-state index contributed by atoms with van der Waals surface area (Å²) in [6.07, 6.45) is 4.51. The first-order valence-electron chi connectivity index (χ1n) is 10.0. The molecule has 29 heavy (non-hydrogen) atoms. The topological polar surface area (TPSA) is 34.4 Å². The van der Waals surface area contributed by atoms with E-state index in [4.69, 9.17) is 0 Å². The molecule has 0 radical (unpaired) electrons. The van der Waals surface area contributed by atoms with Gasteiger partial charge in [-0.2, -0.15) is 28.5 Å². The molecule has 0 bridgehead atoms. The van der Waals surface area contributed by atoms with Gasteiger partial charge in [0, 0.05) is 24.5 Å². The molecule has 1 aromatic heterocycles. The van der Waals surface area contributed by atoms with Crippen molar-refractivity contribution in [3.05, 3.63) is 64.5 Å². The summed E-state index contributed by atoms with van der Waals surface area (Å²) in [5.41, 5.74) is 3.84. The molecular weight excluding hydrogens is 416 g/mol. The van der Waals surface area contributed by atoms with Gasteiger partial charge in [-0.3, -0.25) is 4.79 Å². The first-order valence-corrected chi connectivity index (χ1v) is 13.4. The van der Waals surface area contributed by atoms with E-state index >= 15 is 0 Å². The first-order chi connectivity index (χ1) is 14.2. The minimum Gasteiger partial charge on any atom is -0.316 e. The molecule has 0 unspecified atom stereocenters. The monoisotopic (exact) mass is 444 g/mol. The zero-order valence-electron chi connectivity index (χ0n) is 17.1. The zero-order chi connectivity index (χ0) is 20.5. The van der Waals surface area contributed by atoms with Crippen molar-refractivity contribution in [3.8, 4) is 0 Å². The van der Waals surface area contributed by atoms with Gasteiger partial charge in [-0.15, -0.1) is 0 Å². The van der Waals surface area contributed by atoms with Crippen LogP contribution >= 0.6 is 34.9 Å². The molecule has 0 atom stereocenters. The highest BCUT2D eigenvalue weighted by molar-refractivity contribution is 7.98. The molecule has 0 aliphatic rings. The lowest BCUT2D eigenvalue weighted by Crippen LogP contribution is -2.18. The van der Waals surface area contributed by atoms with Crippen molar-refractivity contribution in [1.82, 2.24) is 4.57 Å². The van der Waals surface area contributed by atoms with E-state index in [0.29, 0.717) is 6.42 Å². The molecule has 0 saturated carbocycles. The minimum absolute atomic E-state index is 0.00881. The Morgan fingerprint density at radius 3 is 2.69 bits per heavy atom. The Hall–Kier alpha value is -1.50. The summed E-state index contributed by atoms with van der Waals surface area (Å²) in [5.74, 6) is 2.98. The number of carbonyl (C=O) groups is 1. The van der Waals surface area contributed by atoms with Crippen LogP contribution in [0, 0.1) is 0 Å². The van der Waals surface area contributed by atoms with E-state index in [1.54, 1.807) is 11.3 Å². The van der Waals surface area contributed by atoms with Crippen LogP contribution in [0.2, 0.25) is 0 Å². The molecule has 0 fully saturated rings. The SMILES string of the molecule is CCc1ccc2c(c1)sc(=NC(=O)CCCSCc1ccccc1)n2CCSC. The van der Waals surface area contributed by atoms with Crippen molar-refractivity contribution in [1.29, 1.82) is 0 Å². The van der Waals surface area contributed by atoms with E-state index in [-0.39, 0.29) is 5.91 Å². The average Bonchev–Trinajstić information content (AvgIpc) is 3.08. The van der Waals surface area contributed by atoms with Gasteiger partial charge < -0.3 is 4.57 Å². The van der Waals surface area contributed by atoms with E-state index < -0.39 is 0 Å². The van der Waals surface area contributed by atoms with Crippen LogP contribution in [-0.4, -0.2) is 28.2 Å². The van der Waals surface area contributed by atoms with Crippen molar-refractivity contribution in [2.75, 3.05) is 17.8 Å². The predicted octanol–water partition coefficient (Wildman–Crippen LogP) is 5.77. The molecule has 3 aromatic rings. The summed E-state index contributed by atoms with van der Waals surface area (Å²) in [6, 6.07) is 17.1. The molecule has 2 aromatic carbocycles. The highest BCUT2D eigenvalue weighted by Crippen LogP contribution is 2.20. The summed E-state index contributed by atoms with van der Waals surface area (Å²) >= 11 is 5.33. The number of aryl methyl sites for hydroxylation is 2. The van der Waals surface area contributed by atoms with Crippen LogP contribution in [0.1, 0.15) is 30.9 Å². The largest absolute Gasteiger partial charge is 0.316 e. The highest BCUT2D eigenvalue weighted by Gasteiger charge is 2.09. The smallest absolute Gasteiger partial charge is 0.248 e. The third-order valence-corrected chi connectivity index (χ3v) is 7.43. The fourth-order valence-electron chi connectivity index (χ4n) is 3.07. The molecule has 154 valence electrons. The molecule has 3 rings (SSSR count). The molecule has 0 N–H and O–H groups in total. The lowest BCUT2D eigenvalue weighted by Gasteiger charge is -2.04. The van der Waals surface area contributed by atoms with E-state index in [1.165, 1.54) is 21.3 Å². The van der Waals surface area contributed by atoms with Gasteiger partial charge in [0.15, 0.2) is 4.80 Å². The maximum Gasteiger partial charge on any atom is 0.248 e. The van der Waals surface area contributed by atoms with Gasteiger partial charge in [0.05, 0.1) is 10.2 Å². The maximum absolute atomic E-state index is 12.5. The Kier molecular flexibility index (Phi) is 8.90. The molecule has 0 aliphatic heterocycles. The second-order valence-corrected chi connectivity index (χ2v) is 9.93. The number of rotatable bonds is 10. The summed E-state index contributed by atoms with van der Waals surface area (Å²) < 4.78 is 3.42. The number of hydrogen-bond donors (Lipinski definition) is 0. The molecule has 6 heteroatoms. The lowest BCUT2D eigenvalue weighted by atomic mass is 10.2. The Labute approximate surface area is 185 Å². The fraction of sp³-hybridized carbons (Fsp3) is 0.391. The van der Waals surface area contributed by atoms with Crippen molar-refractivity contribution < 1.29 is 4.79 Å². The minimum atomic E-state index is -0.00881. The van der Waals surface area contributed by atoms with Gasteiger partial charge in [0.2, 0.25) is 5.91 Å². The number of fused-ring (bicyclic) bond motifs is 1. The first kappa shape index (κ1) is 22.2. The predicted molar refractivity (Wildman–Crippen MR) is 130 cm³/mol. The summed E-state index contributed by atoms with van der Waals surface area (Å²) in [7, 11) is 0. The highest BCUT2D eigenvalue weighted by atomic mass is 32.2. The second-order valence-electron chi connectivity index (χ2n) is 6.83. The van der Waals surface area contributed by atoms with E-state index in [9.17, 15) is 4.79 Å². The average molecular weight is 445 g/mol. The number of benzene rings is 2. The van der Waals surface area contributed by atoms with Crippen LogP contribution in [0.5, 0.6) is 0 Å². The van der Waals surface area contributed by atoms with E-state index in [0.717, 1.165) is 41.4 Å². The van der Waals surface area contributed by atoms with Crippen LogP contribution in [0.3, 0.4) is 0 Å². The molecule has 1 heterocycles. The molecule has 0 spiro atoms. The number of carbonyl (C=O) groups excluding carboxylic acids is 1. The van der Waals surface area contributed by atoms with Gasteiger partial charge in [-0.25, -0.2) is 0 Å². The lowest BCUT2D eigenvalue weighted by molar-refractivity contribution is -0.118. The van der Waals surface area contributed by atoms with E-state index in [1.807, 2.05) is 29.6 Å². The van der Waals surface area contributed by atoms with Crippen LogP contribution < -0.4 is 4.80 Å². The van der Waals surface area contributed by atoms with Crippen LogP contribution in [0.4, 0.5) is 0 Å². The van der Waals surface area contributed by atoms with E-state index in [2.05, 4.69) is 65.2 Å². The third-order valence-electron chi connectivity index (χ3n) is 4.69. The number of nitrogens with zero attached hydrogens (tertiary/aromatic N) is 2. The number of hydrogen-bond acceptors (Lipinski definition) is 4. The Morgan fingerprint density at radius 1 is 1.10 bits per heavy atom. The molecule has 0 aliphatic carbocycles. The molecule has 0 saturated heterocycles. The molecule has 3 nitrogen and oxygen atoms in total. The number of thioether (sulfide) groups is 2. The van der Waals surface area contributed by atoms with Gasteiger partial charge in [0.25, 0.3) is 0 Å². The fourth-order valence-corrected chi connectivity index (χ4v) is 5.50. The normalized spacial score (nSPS) is 12.0. The second kappa shape index (κ2) is 11.6. The maximum atomic E-state index is 12.5. The third kappa shape index (κ3) is 6.49. The summed E-state index contributed by atoms with van der Waals surface area (Å²) in [6.45, 7) is 3.05. The number of aromatic nitrogens is 1. The summed E-state index contributed by atoms with van der Waals surface area (Å²) in [4.78, 5) is 17.8. The van der Waals surface area contributed by atoms with Crippen LogP contribution in [0.15, 0.2) is 53.5 Å². The number of thiazole rings is 1. The van der Waals surface area contributed by atoms with Gasteiger partial charge in [-0.05, 0) is 48.1 Å². The van der Waals surface area contributed by atoms with Crippen molar-refractivity contribution >= 4 is 51.0 Å². The van der Waals surface area contributed by atoms with Crippen molar-refractivity contribution in [2.24, 2.45) is 4.99 Å². The van der Waals surface area contributed by atoms with Crippen LogP contribution in [0.25, 0.3) is 10.2 Å². The Bertz CT molecular complexity index is 992. The van der Waals surface area contributed by atoms with Crippen LogP contribution in [-0.2, 0) is 23.5 Å². The van der Waals surface area contributed by atoms with Gasteiger partial charge in [-0.1, -0.05) is 54.7 Å². The standard InChI is InChI=1S/C23H28N2OS3/c1-3-18-11-12-20-21(16-18)29-23(25(20)13-15-27-2)24-22(26)10-7-14-28-17-19-8-5-4-6-9-19/h4-6,8-9,11-12,16H,3,7,10,13-15,17H2,1-2H3. The zero-order valence-corrected chi connectivity index (χ0v) is 19.5.